The van der Waals surface area contributed by atoms with Gasteiger partial charge in [-0.1, -0.05) is 18.5 Å². The number of nitrogens with zero attached hydrogens (tertiary/aromatic N) is 1. The van der Waals surface area contributed by atoms with Crippen LogP contribution in [0.25, 0.3) is 0 Å². The predicted molar refractivity (Wildman–Crippen MR) is 93.8 cm³/mol. The van der Waals surface area contributed by atoms with Crippen LogP contribution in [-0.2, 0) is 9.53 Å². The second-order valence-corrected chi connectivity index (χ2v) is 5.45. The Hall–Kier alpha value is -2.60. The molecule has 0 radical (unpaired) electrons. The lowest BCUT2D eigenvalue weighted by molar-refractivity contribution is -0.116. The number of ether oxygens (including phenoxy) is 1. The molecule has 0 atom stereocenters. The average Bonchev–Trinajstić information content (AvgIpc) is 2.58. The summed E-state index contributed by atoms with van der Waals surface area (Å²) in [6.45, 7) is 1.94. The van der Waals surface area contributed by atoms with E-state index in [2.05, 4.69) is 20.4 Å². The maximum Gasteiger partial charge on any atom is 0.337 e. The number of nitrogens with one attached hydrogen (secondary N) is 2. The van der Waals surface area contributed by atoms with Gasteiger partial charge in [0.1, 0.15) is 5.82 Å². The summed E-state index contributed by atoms with van der Waals surface area (Å²) in [6, 6.07) is 8.23. The van der Waals surface area contributed by atoms with E-state index in [-0.39, 0.29) is 5.91 Å². The highest BCUT2D eigenvalue weighted by Gasteiger charge is 2.10. The van der Waals surface area contributed by atoms with Gasteiger partial charge in [0.15, 0.2) is 0 Å². The van der Waals surface area contributed by atoms with Crippen molar-refractivity contribution in [3.8, 4) is 0 Å². The van der Waals surface area contributed by atoms with E-state index < -0.39 is 5.97 Å². The van der Waals surface area contributed by atoms with E-state index in [1.807, 2.05) is 6.92 Å². The molecule has 0 aliphatic heterocycles. The Bertz CT molecular complexity index is 732. The first-order chi connectivity index (χ1) is 11.5. The number of anilines is 3. The topological polar surface area (TPSA) is 80.3 Å². The molecule has 1 amide bonds. The molecule has 1 heterocycles. The smallest absolute Gasteiger partial charge is 0.337 e. The zero-order valence-electron chi connectivity index (χ0n) is 13.4. The van der Waals surface area contributed by atoms with Crippen LogP contribution in [0.2, 0.25) is 5.02 Å². The van der Waals surface area contributed by atoms with Gasteiger partial charge in [0.05, 0.1) is 35.3 Å². The van der Waals surface area contributed by atoms with E-state index in [4.69, 9.17) is 11.6 Å². The molecule has 0 aliphatic carbocycles. The molecule has 2 rings (SSSR count). The number of pyridine rings is 1. The fraction of sp³-hybridized carbons (Fsp3) is 0.235. The van der Waals surface area contributed by atoms with Gasteiger partial charge in [-0.3, -0.25) is 4.79 Å². The predicted octanol–water partition coefficient (Wildman–Crippen LogP) is 4.00. The number of carbonyl (C=O) groups is 2. The Morgan fingerprint density at radius 3 is 2.67 bits per heavy atom. The second kappa shape index (κ2) is 8.31. The highest BCUT2D eigenvalue weighted by molar-refractivity contribution is 6.33. The number of esters is 1. The van der Waals surface area contributed by atoms with Crippen molar-refractivity contribution in [1.82, 2.24) is 4.98 Å². The zero-order valence-corrected chi connectivity index (χ0v) is 14.2. The first kappa shape index (κ1) is 17.7. The Morgan fingerprint density at radius 1 is 1.25 bits per heavy atom. The van der Waals surface area contributed by atoms with Gasteiger partial charge in [-0.15, -0.1) is 0 Å². The van der Waals surface area contributed by atoms with Gasteiger partial charge < -0.3 is 15.4 Å². The van der Waals surface area contributed by atoms with Gasteiger partial charge in [-0.05, 0) is 36.8 Å². The minimum absolute atomic E-state index is 0.0474. The number of amides is 1. The molecule has 0 fully saturated rings. The summed E-state index contributed by atoms with van der Waals surface area (Å²) >= 11 is 6.13. The van der Waals surface area contributed by atoms with Crippen LogP contribution in [0, 0.1) is 0 Å². The molecular formula is C17H18ClN3O3. The quantitative estimate of drug-likeness (QED) is 0.772. The standard InChI is InChI=1S/C17H18ClN3O3/c1-3-4-16(22)20-12-6-8-15(19-10-12)21-14-9-11(17(23)24-2)5-7-13(14)18/h5-10H,3-4H2,1-2H3,(H,19,21)(H,20,22). The molecule has 0 saturated carbocycles. The zero-order chi connectivity index (χ0) is 17.5. The van der Waals surface area contributed by atoms with Crippen molar-refractivity contribution < 1.29 is 14.3 Å². The van der Waals surface area contributed by atoms with Crippen LogP contribution in [0.15, 0.2) is 36.5 Å². The Labute approximate surface area is 145 Å². The molecule has 1 aromatic carbocycles. The molecule has 1 aromatic heterocycles. The Morgan fingerprint density at radius 2 is 2.04 bits per heavy atom. The third-order valence-corrected chi connectivity index (χ3v) is 3.50. The van der Waals surface area contributed by atoms with Crippen molar-refractivity contribution in [2.24, 2.45) is 0 Å². The van der Waals surface area contributed by atoms with Crippen molar-refractivity contribution in [2.75, 3.05) is 17.7 Å². The number of hydrogen-bond donors (Lipinski definition) is 2. The third-order valence-electron chi connectivity index (χ3n) is 3.17. The summed E-state index contributed by atoms with van der Waals surface area (Å²) in [5.41, 5.74) is 1.54. The fourth-order valence-corrected chi connectivity index (χ4v) is 2.16. The number of rotatable bonds is 6. The fourth-order valence-electron chi connectivity index (χ4n) is 2.00. The van der Waals surface area contributed by atoms with E-state index in [9.17, 15) is 9.59 Å². The average molecular weight is 348 g/mol. The number of benzene rings is 1. The lowest BCUT2D eigenvalue weighted by Gasteiger charge is -2.10. The minimum Gasteiger partial charge on any atom is -0.465 e. The lowest BCUT2D eigenvalue weighted by Crippen LogP contribution is -2.10. The number of hydrogen-bond acceptors (Lipinski definition) is 5. The lowest BCUT2D eigenvalue weighted by atomic mass is 10.2. The molecule has 0 bridgehead atoms. The first-order valence-corrected chi connectivity index (χ1v) is 7.82. The molecule has 0 unspecified atom stereocenters. The third kappa shape index (κ3) is 4.70. The number of methoxy groups -OCH3 is 1. The molecule has 0 spiro atoms. The van der Waals surface area contributed by atoms with Gasteiger partial charge in [-0.25, -0.2) is 9.78 Å². The Kier molecular flexibility index (Phi) is 6.14. The van der Waals surface area contributed by atoms with Crippen LogP contribution >= 0.6 is 11.6 Å². The van der Waals surface area contributed by atoms with E-state index in [0.717, 1.165) is 6.42 Å². The number of carbonyl (C=O) groups excluding carboxylic acids is 2. The van der Waals surface area contributed by atoms with Gasteiger partial charge in [0.2, 0.25) is 5.91 Å². The van der Waals surface area contributed by atoms with Crippen LogP contribution < -0.4 is 10.6 Å². The molecule has 2 N–H and O–H groups in total. The van der Waals surface area contributed by atoms with Gasteiger partial charge >= 0.3 is 5.97 Å². The molecule has 24 heavy (non-hydrogen) atoms. The second-order valence-electron chi connectivity index (χ2n) is 5.04. The van der Waals surface area contributed by atoms with Crippen molar-refractivity contribution in [1.29, 1.82) is 0 Å². The van der Waals surface area contributed by atoms with Crippen LogP contribution in [0.1, 0.15) is 30.1 Å². The molecule has 126 valence electrons. The van der Waals surface area contributed by atoms with Crippen molar-refractivity contribution in [2.45, 2.75) is 19.8 Å². The highest BCUT2D eigenvalue weighted by Crippen LogP contribution is 2.26. The normalized spacial score (nSPS) is 10.1. The first-order valence-electron chi connectivity index (χ1n) is 7.44. The molecule has 7 heteroatoms. The van der Waals surface area contributed by atoms with Crippen molar-refractivity contribution in [3.05, 3.63) is 47.1 Å². The summed E-state index contributed by atoms with van der Waals surface area (Å²) in [5, 5.41) is 6.24. The van der Waals surface area contributed by atoms with Gasteiger partial charge in [0, 0.05) is 6.42 Å². The van der Waals surface area contributed by atoms with E-state index in [1.165, 1.54) is 7.11 Å². The van der Waals surface area contributed by atoms with E-state index in [1.54, 1.807) is 36.5 Å². The summed E-state index contributed by atoms with van der Waals surface area (Å²) in [7, 11) is 1.32. The molecule has 2 aromatic rings. The van der Waals surface area contributed by atoms with Crippen molar-refractivity contribution >= 4 is 40.7 Å². The van der Waals surface area contributed by atoms with Crippen molar-refractivity contribution in [3.63, 3.8) is 0 Å². The van der Waals surface area contributed by atoms with Crippen LogP contribution in [0.4, 0.5) is 17.2 Å². The number of halogens is 1. The molecule has 6 nitrogen and oxygen atoms in total. The largest absolute Gasteiger partial charge is 0.465 e. The molecule has 0 saturated heterocycles. The Balaban J connectivity index is 2.11. The van der Waals surface area contributed by atoms with Gasteiger partial charge in [-0.2, -0.15) is 0 Å². The monoisotopic (exact) mass is 347 g/mol. The summed E-state index contributed by atoms with van der Waals surface area (Å²) in [6.07, 6.45) is 2.80. The summed E-state index contributed by atoms with van der Waals surface area (Å²) in [4.78, 5) is 27.4. The van der Waals surface area contributed by atoms with Crippen LogP contribution in [0.5, 0.6) is 0 Å². The van der Waals surface area contributed by atoms with Gasteiger partial charge in [0.25, 0.3) is 0 Å². The maximum absolute atomic E-state index is 11.6. The molecule has 0 aliphatic rings. The molecular weight excluding hydrogens is 330 g/mol. The van der Waals surface area contributed by atoms with E-state index >= 15 is 0 Å². The summed E-state index contributed by atoms with van der Waals surface area (Å²) in [5.74, 6) is 0.0397. The summed E-state index contributed by atoms with van der Waals surface area (Å²) < 4.78 is 4.69. The van der Waals surface area contributed by atoms with Crippen LogP contribution in [-0.4, -0.2) is 24.0 Å². The number of aromatic nitrogens is 1. The minimum atomic E-state index is -0.448. The SMILES string of the molecule is CCCC(=O)Nc1ccc(Nc2cc(C(=O)OC)ccc2Cl)nc1. The maximum atomic E-state index is 11.6. The van der Waals surface area contributed by atoms with E-state index in [0.29, 0.717) is 34.2 Å². The van der Waals surface area contributed by atoms with Crippen LogP contribution in [0.3, 0.4) is 0 Å². The highest BCUT2D eigenvalue weighted by atomic mass is 35.5.